The van der Waals surface area contributed by atoms with E-state index < -0.39 is 22.0 Å². The Morgan fingerprint density at radius 3 is 1.54 bits per heavy atom. The second-order valence-electron chi connectivity index (χ2n) is 8.86. The molecule has 0 aliphatic heterocycles. The fourth-order valence-electron chi connectivity index (χ4n) is 4.28. The molecule has 1 amide bonds. The Labute approximate surface area is 223 Å². The maximum Gasteiger partial charge on any atom is 0.328 e. The number of carbonyl (C=O) groups excluding carboxylic acids is 2. The smallest absolute Gasteiger partial charge is 0.328 e. The third kappa shape index (κ3) is 6.30. The SMILES string of the molecule is C[C@H](SC(c1ccccc1)(c1ccccc1)c1ccccc1)C(=O)N[C@H](C)C(=O)OCc1ccccc1. The van der Waals surface area contributed by atoms with E-state index in [4.69, 9.17) is 4.74 Å². The summed E-state index contributed by atoms with van der Waals surface area (Å²) < 4.78 is 4.79. The molecule has 0 heterocycles. The van der Waals surface area contributed by atoms with Gasteiger partial charge in [-0.05, 0) is 36.1 Å². The van der Waals surface area contributed by atoms with Gasteiger partial charge in [-0.2, -0.15) is 0 Å². The van der Waals surface area contributed by atoms with Crippen LogP contribution in [0.15, 0.2) is 121 Å². The number of carbonyl (C=O) groups is 2. The Morgan fingerprint density at radius 2 is 1.11 bits per heavy atom. The molecule has 0 aromatic heterocycles. The van der Waals surface area contributed by atoms with E-state index in [2.05, 4.69) is 41.7 Å². The van der Waals surface area contributed by atoms with E-state index in [1.165, 1.54) is 0 Å². The Balaban J connectivity index is 1.57. The Bertz CT molecular complexity index is 1180. The summed E-state index contributed by atoms with van der Waals surface area (Å²) in [5.74, 6) is -0.684. The summed E-state index contributed by atoms with van der Waals surface area (Å²) in [6.45, 7) is 3.70. The van der Waals surface area contributed by atoms with Crippen LogP contribution in [0.1, 0.15) is 36.1 Å². The molecule has 4 nitrogen and oxygen atoms in total. The molecule has 1 N–H and O–H groups in total. The van der Waals surface area contributed by atoms with E-state index in [0.717, 1.165) is 22.3 Å². The topological polar surface area (TPSA) is 55.4 Å². The molecular formula is C32H31NO3S. The maximum absolute atomic E-state index is 13.4. The van der Waals surface area contributed by atoms with Crippen LogP contribution in [0.5, 0.6) is 0 Å². The van der Waals surface area contributed by atoms with E-state index in [1.54, 1.807) is 18.7 Å². The number of esters is 1. The van der Waals surface area contributed by atoms with E-state index in [9.17, 15) is 9.59 Å². The molecular weight excluding hydrogens is 478 g/mol. The first-order valence-corrected chi connectivity index (χ1v) is 13.2. The van der Waals surface area contributed by atoms with Gasteiger partial charge in [-0.25, -0.2) is 4.79 Å². The van der Waals surface area contributed by atoms with Crippen LogP contribution in [0.3, 0.4) is 0 Å². The number of thioether (sulfide) groups is 1. The summed E-state index contributed by atoms with van der Waals surface area (Å²) in [4.78, 5) is 25.9. The number of amides is 1. The Morgan fingerprint density at radius 1 is 0.703 bits per heavy atom. The van der Waals surface area contributed by atoms with Crippen molar-refractivity contribution < 1.29 is 14.3 Å². The van der Waals surface area contributed by atoms with Crippen LogP contribution in [0, 0.1) is 0 Å². The Hall–Kier alpha value is -3.83. The highest BCUT2D eigenvalue weighted by Gasteiger charge is 2.40. The first kappa shape index (κ1) is 26.2. The molecule has 0 fully saturated rings. The molecule has 0 radical (unpaired) electrons. The molecule has 0 aliphatic carbocycles. The lowest BCUT2D eigenvalue weighted by atomic mass is 9.84. The number of benzene rings is 4. The molecule has 4 aromatic carbocycles. The van der Waals surface area contributed by atoms with Crippen molar-refractivity contribution in [3.05, 3.63) is 144 Å². The molecule has 37 heavy (non-hydrogen) atoms. The van der Waals surface area contributed by atoms with Crippen molar-refractivity contribution in [3.8, 4) is 0 Å². The summed E-state index contributed by atoms with van der Waals surface area (Å²) in [6.07, 6.45) is 0. The molecule has 0 spiro atoms. The fraction of sp³-hybridized carbons (Fsp3) is 0.188. The van der Waals surface area contributed by atoms with Gasteiger partial charge in [-0.3, -0.25) is 4.79 Å². The third-order valence-electron chi connectivity index (χ3n) is 6.20. The molecule has 188 valence electrons. The third-order valence-corrected chi connectivity index (χ3v) is 7.83. The minimum atomic E-state index is -0.765. The highest BCUT2D eigenvalue weighted by Crippen LogP contribution is 2.50. The molecule has 2 atom stereocenters. The van der Waals surface area contributed by atoms with Crippen molar-refractivity contribution in [2.45, 2.75) is 36.5 Å². The lowest BCUT2D eigenvalue weighted by Crippen LogP contribution is -2.44. The van der Waals surface area contributed by atoms with Gasteiger partial charge >= 0.3 is 5.97 Å². The van der Waals surface area contributed by atoms with Gasteiger partial charge < -0.3 is 10.1 Å². The largest absolute Gasteiger partial charge is 0.459 e. The number of rotatable bonds is 10. The molecule has 0 saturated carbocycles. The van der Waals surface area contributed by atoms with Crippen LogP contribution in [0.25, 0.3) is 0 Å². The minimum Gasteiger partial charge on any atom is -0.459 e. The van der Waals surface area contributed by atoms with Gasteiger partial charge in [0.1, 0.15) is 12.6 Å². The van der Waals surface area contributed by atoms with Gasteiger partial charge in [0.25, 0.3) is 0 Å². The number of hydrogen-bond donors (Lipinski definition) is 1. The van der Waals surface area contributed by atoms with Crippen molar-refractivity contribution in [1.82, 2.24) is 5.32 Å². The van der Waals surface area contributed by atoms with Gasteiger partial charge in [0.15, 0.2) is 0 Å². The molecule has 4 aromatic rings. The maximum atomic E-state index is 13.4. The summed E-state index contributed by atoms with van der Waals surface area (Å²) in [5.41, 5.74) is 4.13. The lowest BCUT2D eigenvalue weighted by Gasteiger charge is -2.37. The summed E-state index contributed by atoms with van der Waals surface area (Å²) in [7, 11) is 0. The normalized spacial score (nSPS) is 12.8. The van der Waals surface area contributed by atoms with Gasteiger partial charge in [0.05, 0.1) is 10.00 Å². The molecule has 5 heteroatoms. The van der Waals surface area contributed by atoms with Crippen LogP contribution in [0.4, 0.5) is 0 Å². The molecule has 0 aliphatic rings. The standard InChI is InChI=1S/C32H31NO3S/c1-24(31(35)36-23-26-15-7-3-8-16-26)33-30(34)25(2)37-32(27-17-9-4-10-18-27,28-19-11-5-12-20-28)29-21-13-6-14-22-29/h3-22,24-25H,23H2,1-2H3,(H,33,34)/t24-,25+/m1/s1. The van der Waals surface area contributed by atoms with Crippen LogP contribution in [0.2, 0.25) is 0 Å². The number of nitrogens with one attached hydrogen (secondary N) is 1. The van der Waals surface area contributed by atoms with Crippen LogP contribution in [-0.4, -0.2) is 23.2 Å². The highest BCUT2D eigenvalue weighted by atomic mass is 32.2. The van der Waals surface area contributed by atoms with Crippen molar-refractivity contribution >= 4 is 23.6 Å². The summed E-state index contributed by atoms with van der Waals surface area (Å²) >= 11 is 1.56. The zero-order valence-corrected chi connectivity index (χ0v) is 21.9. The monoisotopic (exact) mass is 509 g/mol. The van der Waals surface area contributed by atoms with E-state index in [1.807, 2.05) is 91.9 Å². The molecule has 4 rings (SSSR count). The van der Waals surface area contributed by atoms with Gasteiger partial charge in [0, 0.05) is 0 Å². The first-order valence-electron chi connectivity index (χ1n) is 12.4. The average molecular weight is 510 g/mol. The van der Waals surface area contributed by atoms with Gasteiger partial charge in [-0.1, -0.05) is 121 Å². The number of hydrogen-bond acceptors (Lipinski definition) is 4. The first-order chi connectivity index (χ1) is 18.0. The highest BCUT2D eigenvalue weighted by molar-refractivity contribution is 8.01. The lowest BCUT2D eigenvalue weighted by molar-refractivity contribution is -0.148. The zero-order chi connectivity index (χ0) is 26.1. The van der Waals surface area contributed by atoms with E-state index in [0.29, 0.717) is 0 Å². The van der Waals surface area contributed by atoms with Crippen LogP contribution >= 0.6 is 11.8 Å². The quantitative estimate of drug-likeness (QED) is 0.200. The summed E-state index contributed by atoms with van der Waals surface area (Å²) in [5, 5.41) is 2.39. The molecule has 0 saturated heterocycles. The number of ether oxygens (including phenoxy) is 1. The fourth-order valence-corrected chi connectivity index (χ4v) is 5.81. The second-order valence-corrected chi connectivity index (χ2v) is 10.4. The predicted molar refractivity (Wildman–Crippen MR) is 150 cm³/mol. The van der Waals surface area contributed by atoms with Crippen LogP contribution in [-0.2, 0) is 25.7 Å². The molecule has 0 unspecified atom stereocenters. The van der Waals surface area contributed by atoms with Gasteiger partial charge in [-0.15, -0.1) is 11.8 Å². The Kier molecular flexibility index (Phi) is 8.81. The predicted octanol–water partition coefficient (Wildman–Crippen LogP) is 6.35. The van der Waals surface area contributed by atoms with Crippen molar-refractivity contribution in [3.63, 3.8) is 0 Å². The van der Waals surface area contributed by atoms with E-state index >= 15 is 0 Å². The van der Waals surface area contributed by atoms with Gasteiger partial charge in [0.2, 0.25) is 5.91 Å². The zero-order valence-electron chi connectivity index (χ0n) is 21.0. The van der Waals surface area contributed by atoms with Crippen molar-refractivity contribution in [1.29, 1.82) is 0 Å². The van der Waals surface area contributed by atoms with Crippen molar-refractivity contribution in [2.75, 3.05) is 0 Å². The molecule has 0 bridgehead atoms. The summed E-state index contributed by atoms with van der Waals surface area (Å²) in [6, 6.07) is 39.4. The average Bonchev–Trinajstić information content (AvgIpc) is 2.96. The van der Waals surface area contributed by atoms with E-state index in [-0.39, 0.29) is 12.5 Å². The minimum absolute atomic E-state index is 0.170. The van der Waals surface area contributed by atoms with Crippen LogP contribution < -0.4 is 5.32 Å². The van der Waals surface area contributed by atoms with Crippen molar-refractivity contribution in [2.24, 2.45) is 0 Å². The second kappa shape index (κ2) is 12.4.